The van der Waals surface area contributed by atoms with Gasteiger partial charge in [0.25, 0.3) is 0 Å². The zero-order valence-electron chi connectivity index (χ0n) is 8.64. The molecule has 1 rings (SSSR count). The first-order valence-corrected chi connectivity index (χ1v) is 6.53. The summed E-state index contributed by atoms with van der Waals surface area (Å²) in [7, 11) is -3.29. The Balaban J connectivity index is 2.41. The first-order valence-electron chi connectivity index (χ1n) is 4.88. The van der Waals surface area contributed by atoms with Crippen LogP contribution in [0.4, 0.5) is 0 Å². The third-order valence-corrected chi connectivity index (χ3v) is 3.64. The van der Waals surface area contributed by atoms with Crippen LogP contribution in [0.3, 0.4) is 0 Å². The molecule has 1 aliphatic heterocycles. The molecule has 1 unspecified atom stereocenters. The predicted octanol–water partition coefficient (Wildman–Crippen LogP) is -1.48. The lowest BCUT2D eigenvalue weighted by atomic mass is 10.3. The lowest BCUT2D eigenvalue weighted by molar-refractivity contribution is -0.127. The number of aliphatic hydroxyl groups excluding tert-OH is 1. The highest BCUT2D eigenvalue weighted by molar-refractivity contribution is 7.89. The molecule has 0 aromatic carbocycles. The van der Waals surface area contributed by atoms with E-state index in [9.17, 15) is 18.3 Å². The summed E-state index contributed by atoms with van der Waals surface area (Å²) in [6.45, 7) is 2.42. The summed E-state index contributed by atoms with van der Waals surface area (Å²) in [5.41, 5.74) is 0. The number of sulfonamides is 1. The van der Waals surface area contributed by atoms with Gasteiger partial charge in [-0.15, -0.1) is 0 Å². The van der Waals surface area contributed by atoms with Gasteiger partial charge in [-0.2, -0.15) is 0 Å². The first kappa shape index (κ1) is 12.4. The minimum Gasteiger partial charge on any atom is -0.391 e. The number of carbonyl (C=O) groups excluding carboxylic acids is 1. The summed E-state index contributed by atoms with van der Waals surface area (Å²) in [4.78, 5) is 12.6. The van der Waals surface area contributed by atoms with Crippen LogP contribution in [0.1, 0.15) is 13.3 Å². The number of amides is 1. The van der Waals surface area contributed by atoms with Gasteiger partial charge >= 0.3 is 0 Å². The maximum Gasteiger partial charge on any atom is 0.225 e. The van der Waals surface area contributed by atoms with Crippen molar-refractivity contribution in [3.05, 3.63) is 0 Å². The number of rotatable bonds is 5. The molecule has 0 bridgehead atoms. The van der Waals surface area contributed by atoms with Crippen molar-refractivity contribution < 1.29 is 18.3 Å². The number of nitrogens with zero attached hydrogens (tertiary/aromatic N) is 1. The molecule has 1 heterocycles. The van der Waals surface area contributed by atoms with Crippen LogP contribution >= 0.6 is 0 Å². The van der Waals surface area contributed by atoms with Crippen molar-refractivity contribution in [2.45, 2.75) is 19.4 Å². The Morgan fingerprint density at radius 3 is 2.73 bits per heavy atom. The second-order valence-corrected chi connectivity index (χ2v) is 5.44. The summed E-state index contributed by atoms with van der Waals surface area (Å²) in [6.07, 6.45) is -0.555. The minimum atomic E-state index is -3.29. The number of likely N-dealkylation sites (tertiary alicyclic amines) is 1. The van der Waals surface area contributed by atoms with Gasteiger partial charge < -0.3 is 10.0 Å². The maximum atomic E-state index is 11.3. The van der Waals surface area contributed by atoms with E-state index in [1.165, 1.54) is 4.90 Å². The van der Waals surface area contributed by atoms with E-state index in [1.807, 2.05) is 0 Å². The smallest absolute Gasteiger partial charge is 0.225 e. The Bertz CT molecular complexity index is 328. The van der Waals surface area contributed by atoms with Crippen molar-refractivity contribution in [1.29, 1.82) is 0 Å². The molecule has 1 fully saturated rings. The molecule has 0 aromatic heterocycles. The van der Waals surface area contributed by atoms with Gasteiger partial charge in [-0.3, -0.25) is 4.79 Å². The zero-order chi connectivity index (χ0) is 11.5. The number of carbonyl (C=O) groups is 1. The van der Waals surface area contributed by atoms with E-state index in [-0.39, 0.29) is 31.2 Å². The number of hydrogen-bond donors (Lipinski definition) is 2. The molecule has 7 heteroatoms. The standard InChI is InChI=1S/C8H16N2O4S/c1-2-9-15(13,14)4-3-10-6-7(11)5-8(10)12/h7,9,11H,2-6H2,1H3. The molecule has 0 aromatic rings. The average molecular weight is 236 g/mol. The molecular formula is C8H16N2O4S. The second-order valence-electron chi connectivity index (χ2n) is 3.51. The van der Waals surface area contributed by atoms with Crippen LogP contribution in [-0.4, -0.2) is 55.8 Å². The highest BCUT2D eigenvalue weighted by atomic mass is 32.2. The van der Waals surface area contributed by atoms with Gasteiger partial charge in [-0.05, 0) is 0 Å². The van der Waals surface area contributed by atoms with E-state index >= 15 is 0 Å². The fourth-order valence-corrected chi connectivity index (χ4v) is 2.53. The summed E-state index contributed by atoms with van der Waals surface area (Å²) < 4.78 is 24.9. The topological polar surface area (TPSA) is 86.7 Å². The molecule has 1 saturated heterocycles. The number of nitrogens with one attached hydrogen (secondary N) is 1. The van der Waals surface area contributed by atoms with E-state index in [0.717, 1.165) is 0 Å². The summed E-state index contributed by atoms with van der Waals surface area (Å²) in [6, 6.07) is 0. The summed E-state index contributed by atoms with van der Waals surface area (Å²) in [5.74, 6) is -0.298. The molecule has 6 nitrogen and oxygen atoms in total. The molecule has 0 radical (unpaired) electrons. The Morgan fingerprint density at radius 1 is 1.60 bits per heavy atom. The van der Waals surface area contributed by atoms with E-state index < -0.39 is 16.1 Å². The lowest BCUT2D eigenvalue weighted by Crippen LogP contribution is -2.35. The van der Waals surface area contributed by atoms with Crippen molar-refractivity contribution in [3.8, 4) is 0 Å². The average Bonchev–Trinajstić information content (AvgIpc) is 2.42. The molecule has 1 atom stereocenters. The molecule has 1 aliphatic rings. The van der Waals surface area contributed by atoms with Crippen molar-refractivity contribution in [2.75, 3.05) is 25.4 Å². The van der Waals surface area contributed by atoms with Crippen LogP contribution in [0.5, 0.6) is 0 Å². The van der Waals surface area contributed by atoms with E-state index in [1.54, 1.807) is 6.92 Å². The number of β-amino-alcohol motifs (C(OH)–C–C–N with tert-alkyl or cyclic N) is 1. The van der Waals surface area contributed by atoms with Crippen LogP contribution in [0.2, 0.25) is 0 Å². The third kappa shape index (κ3) is 3.77. The molecule has 0 saturated carbocycles. The second kappa shape index (κ2) is 4.91. The van der Waals surface area contributed by atoms with Crippen LogP contribution in [0.25, 0.3) is 0 Å². The number of hydrogen-bond acceptors (Lipinski definition) is 4. The monoisotopic (exact) mass is 236 g/mol. The van der Waals surface area contributed by atoms with Gasteiger partial charge in [0.05, 0.1) is 18.3 Å². The normalized spacial score (nSPS) is 22.4. The SMILES string of the molecule is CCNS(=O)(=O)CCN1CC(O)CC1=O. The molecule has 1 amide bonds. The molecule has 2 N–H and O–H groups in total. The third-order valence-electron chi connectivity index (χ3n) is 2.19. The quantitative estimate of drug-likeness (QED) is 0.609. The van der Waals surface area contributed by atoms with Crippen LogP contribution in [0, 0.1) is 0 Å². The highest BCUT2D eigenvalue weighted by Crippen LogP contribution is 2.10. The van der Waals surface area contributed by atoms with E-state index in [4.69, 9.17) is 0 Å². The minimum absolute atomic E-state index is 0.0985. The first-order chi connectivity index (χ1) is 6.94. The molecule has 0 spiro atoms. The van der Waals surface area contributed by atoms with Gasteiger partial charge in [0, 0.05) is 19.6 Å². The predicted molar refractivity (Wildman–Crippen MR) is 54.7 cm³/mol. The zero-order valence-corrected chi connectivity index (χ0v) is 9.46. The maximum absolute atomic E-state index is 11.3. The number of aliphatic hydroxyl groups is 1. The molecule has 0 aliphatic carbocycles. The summed E-state index contributed by atoms with van der Waals surface area (Å²) >= 11 is 0. The van der Waals surface area contributed by atoms with Gasteiger partial charge in [-0.25, -0.2) is 13.1 Å². The van der Waals surface area contributed by atoms with Crippen molar-refractivity contribution >= 4 is 15.9 Å². The Morgan fingerprint density at radius 2 is 2.27 bits per heavy atom. The van der Waals surface area contributed by atoms with Gasteiger partial charge in [0.2, 0.25) is 15.9 Å². The molecule has 88 valence electrons. The molecular weight excluding hydrogens is 220 g/mol. The van der Waals surface area contributed by atoms with Crippen molar-refractivity contribution in [3.63, 3.8) is 0 Å². The summed E-state index contributed by atoms with van der Waals surface area (Å²) in [5, 5.41) is 9.18. The van der Waals surface area contributed by atoms with Crippen LogP contribution in [-0.2, 0) is 14.8 Å². The van der Waals surface area contributed by atoms with Gasteiger partial charge in [0.1, 0.15) is 0 Å². The van der Waals surface area contributed by atoms with E-state index in [0.29, 0.717) is 6.54 Å². The fourth-order valence-electron chi connectivity index (χ4n) is 1.49. The van der Waals surface area contributed by atoms with Crippen LogP contribution in [0.15, 0.2) is 0 Å². The highest BCUT2D eigenvalue weighted by Gasteiger charge is 2.28. The molecule has 15 heavy (non-hydrogen) atoms. The van der Waals surface area contributed by atoms with Crippen molar-refractivity contribution in [2.24, 2.45) is 0 Å². The fraction of sp³-hybridized carbons (Fsp3) is 0.875. The Kier molecular flexibility index (Phi) is 4.06. The largest absolute Gasteiger partial charge is 0.391 e. The lowest BCUT2D eigenvalue weighted by Gasteiger charge is -2.15. The Labute approximate surface area is 89.3 Å². The van der Waals surface area contributed by atoms with Crippen molar-refractivity contribution in [1.82, 2.24) is 9.62 Å². The Hall–Kier alpha value is -0.660. The van der Waals surface area contributed by atoms with Gasteiger partial charge in [-0.1, -0.05) is 6.92 Å². The van der Waals surface area contributed by atoms with Gasteiger partial charge in [0.15, 0.2) is 0 Å². The van der Waals surface area contributed by atoms with Crippen LogP contribution < -0.4 is 4.72 Å². The van der Waals surface area contributed by atoms with E-state index in [2.05, 4.69) is 4.72 Å².